The number of sulfonamides is 1. The molecule has 0 fully saturated rings. The summed E-state index contributed by atoms with van der Waals surface area (Å²) in [5.41, 5.74) is 4.78. The molecule has 1 rings (SSSR count). The van der Waals surface area contributed by atoms with E-state index in [-0.39, 0.29) is 17.0 Å². The SMILES string of the molecule is Cc1ccc(S(=O)(=O)NCC(C)(C)O)cc1C(N)=O. The van der Waals surface area contributed by atoms with Gasteiger partial charge >= 0.3 is 0 Å². The van der Waals surface area contributed by atoms with Gasteiger partial charge in [0.1, 0.15) is 0 Å². The number of hydrogen-bond acceptors (Lipinski definition) is 4. The molecule has 0 unspecified atom stereocenters. The van der Waals surface area contributed by atoms with Crippen molar-refractivity contribution < 1.29 is 18.3 Å². The Morgan fingerprint density at radius 3 is 2.47 bits per heavy atom. The largest absolute Gasteiger partial charge is 0.389 e. The van der Waals surface area contributed by atoms with Gasteiger partial charge in [-0.05, 0) is 38.5 Å². The minimum atomic E-state index is -3.78. The first-order valence-electron chi connectivity index (χ1n) is 5.65. The zero-order chi connectivity index (χ0) is 14.8. The summed E-state index contributed by atoms with van der Waals surface area (Å²) in [6.07, 6.45) is 0. The molecule has 4 N–H and O–H groups in total. The molecule has 0 saturated carbocycles. The minimum absolute atomic E-state index is 0.0591. The van der Waals surface area contributed by atoms with Gasteiger partial charge in [-0.1, -0.05) is 6.07 Å². The number of nitrogens with one attached hydrogen (secondary N) is 1. The van der Waals surface area contributed by atoms with E-state index in [0.717, 1.165) is 0 Å². The summed E-state index contributed by atoms with van der Waals surface area (Å²) < 4.78 is 26.3. The topological polar surface area (TPSA) is 109 Å². The molecule has 0 aliphatic rings. The number of carbonyl (C=O) groups is 1. The van der Waals surface area contributed by atoms with E-state index < -0.39 is 21.5 Å². The molecule has 7 heteroatoms. The average Bonchev–Trinajstić information content (AvgIpc) is 2.25. The fraction of sp³-hybridized carbons (Fsp3) is 0.417. The van der Waals surface area contributed by atoms with Crippen LogP contribution >= 0.6 is 0 Å². The summed E-state index contributed by atoms with van der Waals surface area (Å²) in [7, 11) is -3.78. The number of hydrogen-bond donors (Lipinski definition) is 3. The molecule has 0 spiro atoms. The van der Waals surface area contributed by atoms with Crippen molar-refractivity contribution in [2.75, 3.05) is 6.54 Å². The van der Waals surface area contributed by atoms with Crippen LogP contribution in [0.15, 0.2) is 23.1 Å². The van der Waals surface area contributed by atoms with E-state index >= 15 is 0 Å². The fourth-order valence-corrected chi connectivity index (χ4v) is 2.62. The molecule has 0 aromatic heterocycles. The zero-order valence-electron chi connectivity index (χ0n) is 11.1. The van der Waals surface area contributed by atoms with E-state index in [1.54, 1.807) is 6.92 Å². The first kappa shape index (κ1) is 15.6. The molecule has 0 aliphatic heterocycles. The molecule has 0 saturated heterocycles. The molecule has 106 valence electrons. The molecule has 0 atom stereocenters. The van der Waals surface area contributed by atoms with Gasteiger partial charge in [0.25, 0.3) is 0 Å². The Morgan fingerprint density at radius 2 is 2.00 bits per heavy atom. The number of rotatable bonds is 5. The average molecular weight is 286 g/mol. The summed E-state index contributed by atoms with van der Waals surface area (Å²) in [5, 5.41) is 9.51. The second-order valence-electron chi connectivity index (χ2n) is 4.98. The quantitative estimate of drug-likeness (QED) is 0.715. The van der Waals surface area contributed by atoms with Gasteiger partial charge in [-0.2, -0.15) is 0 Å². The lowest BCUT2D eigenvalue weighted by Gasteiger charge is -2.18. The van der Waals surface area contributed by atoms with Crippen LogP contribution in [0.25, 0.3) is 0 Å². The van der Waals surface area contributed by atoms with E-state index in [2.05, 4.69) is 4.72 Å². The van der Waals surface area contributed by atoms with E-state index in [1.165, 1.54) is 32.0 Å². The van der Waals surface area contributed by atoms with Crippen molar-refractivity contribution in [2.45, 2.75) is 31.3 Å². The van der Waals surface area contributed by atoms with Gasteiger partial charge in [0, 0.05) is 12.1 Å². The van der Waals surface area contributed by atoms with Gasteiger partial charge in [0.2, 0.25) is 15.9 Å². The lowest BCUT2D eigenvalue weighted by atomic mass is 10.1. The third-order valence-corrected chi connectivity index (χ3v) is 3.88. The zero-order valence-corrected chi connectivity index (χ0v) is 11.9. The van der Waals surface area contributed by atoms with Crippen molar-refractivity contribution in [3.63, 3.8) is 0 Å². The molecule has 0 radical (unpaired) electrons. The van der Waals surface area contributed by atoms with Crippen molar-refractivity contribution in [3.05, 3.63) is 29.3 Å². The highest BCUT2D eigenvalue weighted by Crippen LogP contribution is 2.15. The number of amides is 1. The number of nitrogens with two attached hydrogens (primary N) is 1. The van der Waals surface area contributed by atoms with Crippen LogP contribution in [0, 0.1) is 6.92 Å². The maximum absolute atomic E-state index is 12.0. The van der Waals surface area contributed by atoms with Gasteiger partial charge in [-0.25, -0.2) is 13.1 Å². The lowest BCUT2D eigenvalue weighted by Crippen LogP contribution is -2.38. The Hall–Kier alpha value is -1.44. The summed E-state index contributed by atoms with van der Waals surface area (Å²) >= 11 is 0. The van der Waals surface area contributed by atoms with Gasteiger partial charge in [0.05, 0.1) is 10.5 Å². The van der Waals surface area contributed by atoms with Crippen LogP contribution in [-0.4, -0.2) is 31.6 Å². The Balaban J connectivity index is 3.09. The highest BCUT2D eigenvalue weighted by Gasteiger charge is 2.21. The van der Waals surface area contributed by atoms with Crippen LogP contribution in [0.3, 0.4) is 0 Å². The van der Waals surface area contributed by atoms with Crippen LogP contribution in [-0.2, 0) is 10.0 Å². The second kappa shape index (κ2) is 5.28. The molecule has 1 aromatic carbocycles. The molecule has 0 aliphatic carbocycles. The standard InChI is InChI=1S/C12H18N2O4S/c1-8-4-5-9(6-10(8)11(13)15)19(17,18)14-7-12(2,3)16/h4-6,14,16H,7H2,1-3H3,(H2,13,15). The predicted octanol–water partition coefficient (Wildman–Crippen LogP) is 0.143. The van der Waals surface area contributed by atoms with E-state index in [4.69, 9.17) is 5.73 Å². The van der Waals surface area contributed by atoms with Gasteiger partial charge in [-0.3, -0.25) is 4.79 Å². The fourth-order valence-electron chi connectivity index (χ4n) is 1.39. The Bertz CT molecular complexity index is 588. The van der Waals surface area contributed by atoms with Crippen molar-refractivity contribution in [2.24, 2.45) is 5.73 Å². The second-order valence-corrected chi connectivity index (χ2v) is 6.74. The molecule has 1 amide bonds. The van der Waals surface area contributed by atoms with Gasteiger partial charge in [0.15, 0.2) is 0 Å². The first-order chi connectivity index (χ1) is 8.53. The lowest BCUT2D eigenvalue weighted by molar-refractivity contribution is 0.0856. The maximum atomic E-state index is 12.0. The van der Waals surface area contributed by atoms with E-state index in [1.807, 2.05) is 0 Å². The monoisotopic (exact) mass is 286 g/mol. The van der Waals surface area contributed by atoms with Gasteiger partial charge in [-0.15, -0.1) is 0 Å². The third-order valence-electron chi connectivity index (χ3n) is 2.48. The van der Waals surface area contributed by atoms with Crippen LogP contribution in [0.5, 0.6) is 0 Å². The highest BCUT2D eigenvalue weighted by atomic mass is 32.2. The predicted molar refractivity (Wildman–Crippen MR) is 71.2 cm³/mol. The highest BCUT2D eigenvalue weighted by molar-refractivity contribution is 7.89. The van der Waals surface area contributed by atoms with Crippen molar-refractivity contribution >= 4 is 15.9 Å². The molecular formula is C12H18N2O4S. The Labute approximate surface area is 112 Å². The third kappa shape index (κ3) is 4.30. The molecule has 1 aromatic rings. The van der Waals surface area contributed by atoms with Crippen molar-refractivity contribution in [1.82, 2.24) is 4.72 Å². The Morgan fingerprint density at radius 1 is 1.42 bits per heavy atom. The first-order valence-corrected chi connectivity index (χ1v) is 7.14. The minimum Gasteiger partial charge on any atom is -0.389 e. The summed E-state index contributed by atoms with van der Waals surface area (Å²) in [6, 6.07) is 4.12. The summed E-state index contributed by atoms with van der Waals surface area (Å²) in [4.78, 5) is 11.1. The summed E-state index contributed by atoms with van der Waals surface area (Å²) in [6.45, 7) is 4.51. The number of aryl methyl sites for hydroxylation is 1. The number of benzene rings is 1. The van der Waals surface area contributed by atoms with Crippen LogP contribution in [0.1, 0.15) is 29.8 Å². The van der Waals surface area contributed by atoms with Crippen LogP contribution in [0.2, 0.25) is 0 Å². The number of carbonyl (C=O) groups excluding carboxylic acids is 1. The number of primary amides is 1. The smallest absolute Gasteiger partial charge is 0.249 e. The molecular weight excluding hydrogens is 268 g/mol. The van der Waals surface area contributed by atoms with Gasteiger partial charge < -0.3 is 10.8 Å². The van der Waals surface area contributed by atoms with Crippen molar-refractivity contribution in [1.29, 1.82) is 0 Å². The maximum Gasteiger partial charge on any atom is 0.249 e. The normalized spacial score (nSPS) is 12.4. The van der Waals surface area contributed by atoms with Crippen LogP contribution in [0.4, 0.5) is 0 Å². The van der Waals surface area contributed by atoms with E-state index in [9.17, 15) is 18.3 Å². The summed E-state index contributed by atoms with van der Waals surface area (Å²) in [5.74, 6) is -0.683. The molecule has 0 heterocycles. The number of aliphatic hydroxyl groups is 1. The van der Waals surface area contributed by atoms with Crippen LogP contribution < -0.4 is 10.5 Å². The molecule has 6 nitrogen and oxygen atoms in total. The Kier molecular flexibility index (Phi) is 4.34. The molecule has 19 heavy (non-hydrogen) atoms. The van der Waals surface area contributed by atoms with E-state index in [0.29, 0.717) is 5.56 Å². The molecule has 0 bridgehead atoms. The van der Waals surface area contributed by atoms with Crippen molar-refractivity contribution in [3.8, 4) is 0 Å².